The molecule has 0 spiro atoms. The molecule has 2 rings (SSSR count). The molecule has 3 heteroatoms. The average molecular weight is 299 g/mol. The molecule has 0 atom stereocenters. The maximum Gasteiger partial charge on any atom is 0.189 e. The third kappa shape index (κ3) is 1.45. The lowest BCUT2D eigenvalue weighted by molar-refractivity contribution is 0.786. The van der Waals surface area contributed by atoms with Crippen molar-refractivity contribution < 1.29 is 0 Å². The van der Waals surface area contributed by atoms with Crippen LogP contribution in [0.5, 0.6) is 0 Å². The Morgan fingerprint density at radius 2 is 2.14 bits per heavy atom. The van der Waals surface area contributed by atoms with Gasteiger partial charge in [0.2, 0.25) is 0 Å². The van der Waals surface area contributed by atoms with Crippen molar-refractivity contribution in [2.24, 2.45) is 0 Å². The fourth-order valence-electron chi connectivity index (χ4n) is 1.59. The molecule has 0 aliphatic heterocycles. The van der Waals surface area contributed by atoms with E-state index in [2.05, 4.69) is 34.1 Å². The lowest BCUT2D eigenvalue weighted by Gasteiger charge is -2.08. The summed E-state index contributed by atoms with van der Waals surface area (Å²) in [5.74, 6) is 0. The summed E-state index contributed by atoms with van der Waals surface area (Å²) in [6.45, 7) is 2.96. The monoisotopic (exact) mass is 299 g/mol. The number of nitrogens with zero attached hydrogens (tertiary/aromatic N) is 1. The number of benzene rings is 1. The SMILES string of the molecule is CCn1ccc(=O)c2cccc(I)c21. The summed E-state index contributed by atoms with van der Waals surface area (Å²) in [7, 11) is 0. The second kappa shape index (κ2) is 3.73. The number of rotatable bonds is 1. The minimum atomic E-state index is 0.100. The van der Waals surface area contributed by atoms with Crippen LogP contribution in [0.1, 0.15) is 6.92 Å². The van der Waals surface area contributed by atoms with Crippen LogP contribution in [-0.2, 0) is 6.54 Å². The highest BCUT2D eigenvalue weighted by atomic mass is 127. The molecule has 14 heavy (non-hydrogen) atoms. The van der Waals surface area contributed by atoms with Gasteiger partial charge in [0.25, 0.3) is 0 Å². The number of halogens is 1. The Balaban J connectivity index is 3.00. The van der Waals surface area contributed by atoms with Crippen molar-refractivity contribution in [3.05, 3.63) is 44.3 Å². The van der Waals surface area contributed by atoms with Crippen molar-refractivity contribution in [3.8, 4) is 0 Å². The van der Waals surface area contributed by atoms with Crippen LogP contribution < -0.4 is 5.43 Å². The maximum absolute atomic E-state index is 11.6. The smallest absolute Gasteiger partial charge is 0.189 e. The fraction of sp³-hybridized carbons (Fsp3) is 0.182. The van der Waals surface area contributed by atoms with Crippen molar-refractivity contribution in [1.82, 2.24) is 4.57 Å². The summed E-state index contributed by atoms with van der Waals surface area (Å²) in [4.78, 5) is 11.6. The van der Waals surface area contributed by atoms with Gasteiger partial charge in [-0.3, -0.25) is 4.79 Å². The highest BCUT2D eigenvalue weighted by Gasteiger charge is 2.03. The van der Waals surface area contributed by atoms with Crippen LogP contribution in [0.3, 0.4) is 0 Å². The molecule has 1 aromatic heterocycles. The van der Waals surface area contributed by atoms with Gasteiger partial charge in [-0.25, -0.2) is 0 Å². The highest BCUT2D eigenvalue weighted by molar-refractivity contribution is 14.1. The number of hydrogen-bond donors (Lipinski definition) is 0. The lowest BCUT2D eigenvalue weighted by Crippen LogP contribution is -2.07. The minimum absolute atomic E-state index is 0.100. The van der Waals surface area contributed by atoms with E-state index < -0.39 is 0 Å². The molecule has 0 saturated carbocycles. The summed E-state index contributed by atoms with van der Waals surface area (Å²) in [6, 6.07) is 7.45. The normalized spacial score (nSPS) is 10.7. The maximum atomic E-state index is 11.6. The van der Waals surface area contributed by atoms with Crippen LogP contribution in [0.4, 0.5) is 0 Å². The van der Waals surface area contributed by atoms with Gasteiger partial charge in [-0.05, 0) is 41.6 Å². The second-order valence-corrected chi connectivity index (χ2v) is 4.26. The van der Waals surface area contributed by atoms with Crippen molar-refractivity contribution in [3.63, 3.8) is 0 Å². The first-order valence-corrected chi connectivity index (χ1v) is 5.59. The summed E-state index contributed by atoms with van der Waals surface area (Å²) < 4.78 is 3.22. The predicted molar refractivity (Wildman–Crippen MR) is 66.6 cm³/mol. The molecule has 0 unspecified atom stereocenters. The molecular formula is C11H10INO. The Kier molecular flexibility index (Phi) is 2.58. The third-order valence-corrected chi connectivity index (χ3v) is 3.16. The minimum Gasteiger partial charge on any atom is -0.347 e. The Morgan fingerprint density at radius 1 is 1.36 bits per heavy atom. The number of fused-ring (bicyclic) bond motifs is 1. The zero-order valence-corrected chi connectivity index (χ0v) is 9.98. The van der Waals surface area contributed by atoms with Gasteiger partial charge in [0.15, 0.2) is 5.43 Å². The molecule has 0 aliphatic rings. The lowest BCUT2D eigenvalue weighted by atomic mass is 10.2. The van der Waals surface area contributed by atoms with Gasteiger partial charge in [0, 0.05) is 27.8 Å². The van der Waals surface area contributed by atoms with Crippen molar-refractivity contribution in [2.45, 2.75) is 13.5 Å². The molecule has 72 valence electrons. The topological polar surface area (TPSA) is 22.0 Å². The van der Waals surface area contributed by atoms with Crippen molar-refractivity contribution in [1.29, 1.82) is 0 Å². The van der Waals surface area contributed by atoms with Crippen LogP contribution in [0.25, 0.3) is 10.9 Å². The van der Waals surface area contributed by atoms with Crippen molar-refractivity contribution >= 4 is 33.5 Å². The molecule has 0 radical (unpaired) electrons. The van der Waals surface area contributed by atoms with Crippen LogP contribution in [0.15, 0.2) is 35.3 Å². The van der Waals surface area contributed by atoms with E-state index in [-0.39, 0.29) is 5.43 Å². The van der Waals surface area contributed by atoms with Crippen molar-refractivity contribution in [2.75, 3.05) is 0 Å². The Bertz CT molecular complexity index is 530. The summed E-state index contributed by atoms with van der Waals surface area (Å²) in [5, 5.41) is 0.807. The van der Waals surface area contributed by atoms with Gasteiger partial charge in [0.05, 0.1) is 5.52 Å². The Labute approximate surface area is 95.7 Å². The molecule has 0 bridgehead atoms. The average Bonchev–Trinajstić information content (AvgIpc) is 2.20. The molecule has 0 N–H and O–H groups in total. The van der Waals surface area contributed by atoms with E-state index in [1.165, 1.54) is 0 Å². The van der Waals surface area contributed by atoms with Gasteiger partial charge >= 0.3 is 0 Å². The molecule has 1 aromatic carbocycles. The first kappa shape index (κ1) is 9.71. The van der Waals surface area contributed by atoms with Crippen LogP contribution >= 0.6 is 22.6 Å². The Hall–Kier alpha value is -0.840. The van der Waals surface area contributed by atoms with Gasteiger partial charge in [-0.2, -0.15) is 0 Å². The van der Waals surface area contributed by atoms with E-state index in [0.717, 1.165) is 21.0 Å². The number of aromatic nitrogens is 1. The van der Waals surface area contributed by atoms with Crippen LogP contribution in [0, 0.1) is 3.57 Å². The predicted octanol–water partition coefficient (Wildman–Crippen LogP) is 2.63. The van der Waals surface area contributed by atoms with Gasteiger partial charge in [0.1, 0.15) is 0 Å². The molecule has 0 amide bonds. The van der Waals surface area contributed by atoms with E-state index in [9.17, 15) is 4.79 Å². The first-order valence-electron chi connectivity index (χ1n) is 4.51. The van der Waals surface area contributed by atoms with Gasteiger partial charge in [-0.15, -0.1) is 0 Å². The molecular weight excluding hydrogens is 289 g/mol. The van der Waals surface area contributed by atoms with E-state index >= 15 is 0 Å². The first-order chi connectivity index (χ1) is 6.74. The van der Waals surface area contributed by atoms with Gasteiger partial charge in [-0.1, -0.05) is 6.07 Å². The molecule has 2 aromatic rings. The molecule has 0 saturated heterocycles. The zero-order valence-electron chi connectivity index (χ0n) is 7.83. The number of pyridine rings is 1. The van der Waals surface area contributed by atoms with E-state index in [1.807, 2.05) is 24.4 Å². The standard InChI is InChI=1S/C11H10INO/c1-2-13-7-6-10(14)8-4-3-5-9(12)11(8)13/h3-7H,2H2,1H3. The molecule has 0 fully saturated rings. The number of para-hydroxylation sites is 1. The summed E-state index contributed by atoms with van der Waals surface area (Å²) >= 11 is 2.26. The number of hydrogen-bond acceptors (Lipinski definition) is 1. The fourth-order valence-corrected chi connectivity index (χ4v) is 2.40. The number of aryl methyl sites for hydroxylation is 1. The molecule has 0 aliphatic carbocycles. The van der Waals surface area contributed by atoms with Crippen LogP contribution in [0.2, 0.25) is 0 Å². The summed E-state index contributed by atoms with van der Waals surface area (Å²) in [5.41, 5.74) is 1.14. The third-order valence-electron chi connectivity index (χ3n) is 2.29. The van der Waals surface area contributed by atoms with E-state index in [1.54, 1.807) is 6.07 Å². The van der Waals surface area contributed by atoms with E-state index in [0.29, 0.717) is 0 Å². The molecule has 1 heterocycles. The van der Waals surface area contributed by atoms with Crippen LogP contribution in [-0.4, -0.2) is 4.57 Å². The second-order valence-electron chi connectivity index (χ2n) is 3.10. The Morgan fingerprint density at radius 3 is 2.86 bits per heavy atom. The van der Waals surface area contributed by atoms with Gasteiger partial charge < -0.3 is 4.57 Å². The van der Waals surface area contributed by atoms with E-state index in [4.69, 9.17) is 0 Å². The largest absolute Gasteiger partial charge is 0.347 e. The zero-order chi connectivity index (χ0) is 10.1. The molecule has 2 nitrogen and oxygen atoms in total. The highest BCUT2D eigenvalue weighted by Crippen LogP contribution is 2.17. The quantitative estimate of drug-likeness (QED) is 0.742. The summed E-state index contributed by atoms with van der Waals surface area (Å²) in [6.07, 6.45) is 1.85.